The van der Waals surface area contributed by atoms with Crippen molar-refractivity contribution in [3.8, 4) is 11.4 Å². The third kappa shape index (κ3) is 2.70. The van der Waals surface area contributed by atoms with Gasteiger partial charge in [0, 0.05) is 25.9 Å². The van der Waals surface area contributed by atoms with Gasteiger partial charge in [0.15, 0.2) is 5.69 Å². The van der Waals surface area contributed by atoms with Crippen LogP contribution in [0.2, 0.25) is 0 Å². The summed E-state index contributed by atoms with van der Waals surface area (Å²) in [5.74, 6) is 0.628. The van der Waals surface area contributed by atoms with Gasteiger partial charge >= 0.3 is 0 Å². The summed E-state index contributed by atoms with van der Waals surface area (Å²) in [6.45, 7) is 2.82. The zero-order valence-electron chi connectivity index (χ0n) is 10.8. The Morgan fingerprint density at radius 2 is 2.21 bits per heavy atom. The Labute approximate surface area is 110 Å². The van der Waals surface area contributed by atoms with Crippen molar-refractivity contribution in [2.75, 3.05) is 11.9 Å². The number of anilines is 1. The minimum Gasteiger partial charge on any atom is -0.370 e. The number of nitrogens with one attached hydrogen (secondary N) is 1. The van der Waals surface area contributed by atoms with Crippen molar-refractivity contribution in [2.45, 2.75) is 13.3 Å². The number of pyridine rings is 1. The Morgan fingerprint density at radius 1 is 1.42 bits per heavy atom. The lowest BCUT2D eigenvalue weighted by atomic mass is 10.2. The predicted molar refractivity (Wildman–Crippen MR) is 71.9 cm³/mol. The maximum Gasteiger partial charge on any atom is 0.297 e. The second-order valence-corrected chi connectivity index (χ2v) is 4.09. The first-order valence-corrected chi connectivity index (χ1v) is 6.01. The van der Waals surface area contributed by atoms with Crippen LogP contribution in [0.5, 0.6) is 0 Å². The Hall–Kier alpha value is -2.44. The fourth-order valence-corrected chi connectivity index (χ4v) is 1.75. The molecule has 0 atom stereocenters. The van der Waals surface area contributed by atoms with Gasteiger partial charge in [0.1, 0.15) is 5.82 Å². The van der Waals surface area contributed by atoms with E-state index < -0.39 is 4.92 Å². The number of rotatable bonds is 5. The van der Waals surface area contributed by atoms with Crippen LogP contribution < -0.4 is 5.32 Å². The number of hydrogen-bond donors (Lipinski definition) is 1. The summed E-state index contributed by atoms with van der Waals surface area (Å²) >= 11 is 0. The van der Waals surface area contributed by atoms with Gasteiger partial charge in [-0.2, -0.15) is 5.10 Å². The van der Waals surface area contributed by atoms with Crippen molar-refractivity contribution in [1.29, 1.82) is 0 Å². The SMILES string of the molecule is CCCNc1ccc([N+](=O)[O-])c(-c2ccnn2C)n1. The molecule has 0 aliphatic heterocycles. The number of hydrogen-bond acceptors (Lipinski definition) is 5. The first kappa shape index (κ1) is 13.0. The molecule has 0 radical (unpaired) electrons. The van der Waals surface area contributed by atoms with Crippen LogP contribution in [-0.2, 0) is 7.05 Å². The monoisotopic (exact) mass is 261 g/mol. The van der Waals surface area contributed by atoms with Gasteiger partial charge in [0.25, 0.3) is 5.69 Å². The van der Waals surface area contributed by atoms with Gasteiger partial charge < -0.3 is 5.32 Å². The lowest BCUT2D eigenvalue weighted by Gasteiger charge is -2.07. The number of aromatic nitrogens is 3. The third-order valence-corrected chi connectivity index (χ3v) is 2.69. The van der Waals surface area contributed by atoms with E-state index in [9.17, 15) is 10.1 Å². The minimum absolute atomic E-state index is 0.0225. The van der Waals surface area contributed by atoms with E-state index in [2.05, 4.69) is 15.4 Å². The highest BCUT2D eigenvalue weighted by Crippen LogP contribution is 2.28. The molecule has 0 aliphatic carbocycles. The van der Waals surface area contributed by atoms with E-state index in [1.54, 1.807) is 30.1 Å². The van der Waals surface area contributed by atoms with Crippen molar-refractivity contribution < 1.29 is 4.92 Å². The van der Waals surface area contributed by atoms with Crippen LogP contribution in [0.3, 0.4) is 0 Å². The molecular weight excluding hydrogens is 246 g/mol. The molecule has 2 aromatic rings. The summed E-state index contributed by atoms with van der Waals surface area (Å²) in [4.78, 5) is 15.0. The molecule has 0 bridgehead atoms. The normalized spacial score (nSPS) is 10.4. The molecule has 19 heavy (non-hydrogen) atoms. The molecule has 1 N–H and O–H groups in total. The topological polar surface area (TPSA) is 85.9 Å². The van der Waals surface area contributed by atoms with E-state index in [-0.39, 0.29) is 5.69 Å². The molecule has 0 unspecified atom stereocenters. The molecule has 7 heteroatoms. The summed E-state index contributed by atoms with van der Waals surface area (Å²) < 4.78 is 1.57. The van der Waals surface area contributed by atoms with E-state index in [4.69, 9.17) is 0 Å². The summed E-state index contributed by atoms with van der Waals surface area (Å²) in [7, 11) is 1.73. The molecule has 0 amide bonds. The van der Waals surface area contributed by atoms with Crippen LogP contribution >= 0.6 is 0 Å². The molecule has 0 aromatic carbocycles. The van der Waals surface area contributed by atoms with E-state index in [1.807, 2.05) is 6.92 Å². The Balaban J connectivity index is 2.48. The Morgan fingerprint density at radius 3 is 2.79 bits per heavy atom. The van der Waals surface area contributed by atoms with Crippen LogP contribution in [0.15, 0.2) is 24.4 Å². The molecule has 100 valence electrons. The van der Waals surface area contributed by atoms with Crippen molar-refractivity contribution >= 4 is 11.5 Å². The highest BCUT2D eigenvalue weighted by atomic mass is 16.6. The quantitative estimate of drug-likeness (QED) is 0.658. The van der Waals surface area contributed by atoms with Gasteiger partial charge in [-0.25, -0.2) is 4.98 Å². The van der Waals surface area contributed by atoms with Crippen LogP contribution in [0.4, 0.5) is 11.5 Å². The predicted octanol–water partition coefficient (Wildman–Crippen LogP) is 2.21. The van der Waals surface area contributed by atoms with E-state index in [0.717, 1.165) is 13.0 Å². The van der Waals surface area contributed by atoms with Crippen molar-refractivity contribution in [2.24, 2.45) is 7.05 Å². The molecule has 0 saturated carbocycles. The van der Waals surface area contributed by atoms with Gasteiger partial charge in [-0.15, -0.1) is 0 Å². The van der Waals surface area contributed by atoms with Gasteiger partial charge in [0.05, 0.1) is 10.6 Å². The van der Waals surface area contributed by atoms with Crippen LogP contribution in [0.1, 0.15) is 13.3 Å². The Bertz CT molecular complexity index is 594. The highest BCUT2D eigenvalue weighted by Gasteiger charge is 2.19. The second kappa shape index (κ2) is 5.47. The first-order valence-electron chi connectivity index (χ1n) is 6.01. The molecule has 2 heterocycles. The zero-order valence-corrected chi connectivity index (χ0v) is 10.8. The van der Waals surface area contributed by atoms with E-state index >= 15 is 0 Å². The molecular formula is C12H15N5O2. The standard InChI is InChI=1S/C12H15N5O2/c1-3-7-13-11-5-4-10(17(18)19)12(15-11)9-6-8-14-16(9)2/h4-6,8H,3,7H2,1-2H3,(H,13,15). The fourth-order valence-electron chi connectivity index (χ4n) is 1.75. The summed E-state index contributed by atoms with van der Waals surface area (Å²) in [6.07, 6.45) is 2.55. The molecule has 0 saturated heterocycles. The molecule has 2 rings (SSSR count). The maximum atomic E-state index is 11.1. The van der Waals surface area contributed by atoms with Gasteiger partial charge in [0.2, 0.25) is 0 Å². The lowest BCUT2D eigenvalue weighted by molar-refractivity contribution is -0.384. The molecule has 0 fully saturated rings. The van der Waals surface area contributed by atoms with E-state index in [0.29, 0.717) is 17.2 Å². The fraction of sp³-hybridized carbons (Fsp3) is 0.333. The molecule has 7 nitrogen and oxygen atoms in total. The average Bonchev–Trinajstić information content (AvgIpc) is 2.82. The minimum atomic E-state index is -0.432. The zero-order chi connectivity index (χ0) is 13.8. The summed E-state index contributed by atoms with van der Waals surface area (Å²) in [5.41, 5.74) is 0.920. The summed E-state index contributed by atoms with van der Waals surface area (Å²) in [5, 5.41) is 18.2. The molecule has 0 spiro atoms. The molecule has 0 aliphatic rings. The first-order chi connectivity index (χ1) is 9.13. The largest absolute Gasteiger partial charge is 0.370 e. The van der Waals surface area contributed by atoms with Crippen LogP contribution in [-0.4, -0.2) is 26.2 Å². The highest BCUT2D eigenvalue weighted by molar-refractivity contribution is 5.68. The Kier molecular flexibility index (Phi) is 3.74. The number of nitro groups is 1. The smallest absolute Gasteiger partial charge is 0.297 e. The molecule has 2 aromatic heterocycles. The van der Waals surface area contributed by atoms with Crippen molar-refractivity contribution in [1.82, 2.24) is 14.8 Å². The van der Waals surface area contributed by atoms with Crippen LogP contribution in [0.25, 0.3) is 11.4 Å². The van der Waals surface area contributed by atoms with Gasteiger partial charge in [-0.05, 0) is 18.6 Å². The van der Waals surface area contributed by atoms with Crippen LogP contribution in [0, 0.1) is 10.1 Å². The number of aryl methyl sites for hydroxylation is 1. The maximum absolute atomic E-state index is 11.1. The third-order valence-electron chi connectivity index (χ3n) is 2.69. The van der Waals surface area contributed by atoms with E-state index in [1.165, 1.54) is 6.07 Å². The average molecular weight is 261 g/mol. The van der Waals surface area contributed by atoms with Crippen molar-refractivity contribution in [3.63, 3.8) is 0 Å². The van der Waals surface area contributed by atoms with Gasteiger partial charge in [-0.3, -0.25) is 14.8 Å². The van der Waals surface area contributed by atoms with Gasteiger partial charge in [-0.1, -0.05) is 6.92 Å². The lowest BCUT2D eigenvalue weighted by Crippen LogP contribution is -2.05. The second-order valence-electron chi connectivity index (χ2n) is 4.09. The summed E-state index contributed by atoms with van der Waals surface area (Å²) in [6, 6.07) is 4.79. The van der Waals surface area contributed by atoms with Crippen molar-refractivity contribution in [3.05, 3.63) is 34.5 Å². The number of nitrogens with zero attached hydrogens (tertiary/aromatic N) is 4.